The van der Waals surface area contributed by atoms with E-state index >= 15 is 0 Å². The Morgan fingerprint density at radius 1 is 0.469 bits per heavy atom. The van der Waals surface area contributed by atoms with Gasteiger partial charge in [-0.05, 0) is 38.5 Å². The molecular formula is C50H95O13P. The number of phosphoric acid groups is 1. The molecule has 13 nitrogen and oxygen atoms in total. The minimum absolute atomic E-state index is 0.0989. The fourth-order valence-corrected chi connectivity index (χ4v) is 9.14. The van der Waals surface area contributed by atoms with Gasteiger partial charge in [-0.15, -0.1) is 0 Å². The van der Waals surface area contributed by atoms with Crippen molar-refractivity contribution in [3.05, 3.63) is 12.2 Å². The predicted octanol–water partition coefficient (Wildman–Crippen LogP) is 11.0. The van der Waals surface area contributed by atoms with Crippen LogP contribution >= 0.6 is 7.82 Å². The third kappa shape index (κ3) is 32.3. The highest BCUT2D eigenvalue weighted by Crippen LogP contribution is 2.47. The molecule has 0 aromatic heterocycles. The first-order valence-corrected chi connectivity index (χ1v) is 27.5. The van der Waals surface area contributed by atoms with Crippen LogP contribution in [-0.4, -0.2) is 98.3 Å². The van der Waals surface area contributed by atoms with Gasteiger partial charge in [0, 0.05) is 12.8 Å². The first kappa shape index (κ1) is 60.6. The zero-order valence-electron chi connectivity index (χ0n) is 40.3. The molecule has 0 saturated heterocycles. The fraction of sp³-hybridized carbons (Fsp3) is 0.920. The van der Waals surface area contributed by atoms with E-state index in [1.54, 1.807) is 0 Å². The summed E-state index contributed by atoms with van der Waals surface area (Å²) in [5, 5.41) is 50.3. The molecule has 8 atom stereocenters. The summed E-state index contributed by atoms with van der Waals surface area (Å²) in [6.07, 6.45) is 31.1. The van der Waals surface area contributed by atoms with Crippen LogP contribution in [0.5, 0.6) is 0 Å². The van der Waals surface area contributed by atoms with Crippen molar-refractivity contribution in [3.63, 3.8) is 0 Å². The standard InChI is InChI=1S/C50H95O13P/c1-3-5-7-9-11-13-15-17-19-21-23-24-26-28-30-32-34-36-38-43(51)60-40-42(41-61-64(58,59)63-50-48(56)46(54)45(53)47(55)49(50)57)62-44(52)39-37-35-33-31-29-27-25-22-20-18-16-14-12-10-8-6-4-2/h14,16,42,45-50,53-57H,3-13,15,17-41H2,1-2H3,(H,58,59)/b16-14+/t42-,45?,46-,47?,48?,49?,50?/m0/s1. The molecule has 1 aliphatic rings. The first-order valence-electron chi connectivity index (χ1n) is 26.0. The SMILES string of the molecule is CCCCCC/C=C/CCCCCCCCCCCC(=O)O[C@@H](COC(=O)CCCCCCCCCCCCCCCCCCCC)COP(=O)(O)OC1C(O)C(O)C(O)[C@H](O)C1O. The number of hydrogen-bond donors (Lipinski definition) is 6. The molecular weight excluding hydrogens is 840 g/mol. The topological polar surface area (TPSA) is 210 Å². The van der Waals surface area contributed by atoms with Crippen molar-refractivity contribution in [1.29, 1.82) is 0 Å². The van der Waals surface area contributed by atoms with E-state index in [1.165, 1.54) is 148 Å². The molecule has 0 spiro atoms. The molecule has 14 heteroatoms. The Kier molecular flexibility index (Phi) is 38.5. The summed E-state index contributed by atoms with van der Waals surface area (Å²) in [6.45, 7) is 3.33. The van der Waals surface area contributed by atoms with Gasteiger partial charge in [-0.1, -0.05) is 199 Å². The Bertz CT molecular complexity index is 1170. The summed E-state index contributed by atoms with van der Waals surface area (Å²) in [6, 6.07) is 0. The van der Waals surface area contributed by atoms with Gasteiger partial charge in [0.25, 0.3) is 0 Å². The highest BCUT2D eigenvalue weighted by molar-refractivity contribution is 7.47. The second-order valence-corrected chi connectivity index (χ2v) is 19.8. The van der Waals surface area contributed by atoms with Crippen LogP contribution in [0.15, 0.2) is 12.2 Å². The van der Waals surface area contributed by atoms with E-state index in [0.717, 1.165) is 51.4 Å². The summed E-state index contributed by atoms with van der Waals surface area (Å²) < 4.78 is 33.6. The molecule has 0 aliphatic heterocycles. The normalized spacial score (nSPS) is 21.6. The van der Waals surface area contributed by atoms with E-state index in [9.17, 15) is 44.6 Å². The van der Waals surface area contributed by atoms with Gasteiger partial charge in [0.1, 0.15) is 43.2 Å². The average Bonchev–Trinajstić information content (AvgIpc) is 3.28. The Labute approximate surface area is 388 Å². The van der Waals surface area contributed by atoms with Crippen molar-refractivity contribution < 1.29 is 63.1 Å². The van der Waals surface area contributed by atoms with Gasteiger partial charge in [-0.25, -0.2) is 4.57 Å². The highest BCUT2D eigenvalue weighted by atomic mass is 31.2. The number of carbonyl (C=O) groups is 2. The number of rotatable bonds is 44. The lowest BCUT2D eigenvalue weighted by Gasteiger charge is -2.41. The molecule has 0 aromatic carbocycles. The monoisotopic (exact) mass is 935 g/mol. The number of phosphoric ester groups is 1. The maximum Gasteiger partial charge on any atom is 0.472 e. The number of hydrogen-bond acceptors (Lipinski definition) is 12. The fourth-order valence-electron chi connectivity index (χ4n) is 8.17. The van der Waals surface area contributed by atoms with Gasteiger partial charge in [-0.3, -0.25) is 18.6 Å². The number of aliphatic hydroxyl groups excluding tert-OH is 5. The number of ether oxygens (including phenoxy) is 2. The summed E-state index contributed by atoms with van der Waals surface area (Å²) in [7, 11) is -5.12. The largest absolute Gasteiger partial charge is 0.472 e. The first-order chi connectivity index (χ1) is 30.9. The van der Waals surface area contributed by atoms with Crippen molar-refractivity contribution in [1.82, 2.24) is 0 Å². The van der Waals surface area contributed by atoms with Crippen LogP contribution < -0.4 is 0 Å². The molecule has 0 heterocycles. The van der Waals surface area contributed by atoms with E-state index in [2.05, 4.69) is 26.0 Å². The van der Waals surface area contributed by atoms with Gasteiger partial charge < -0.3 is 39.9 Å². The predicted molar refractivity (Wildman–Crippen MR) is 254 cm³/mol. The molecule has 1 aliphatic carbocycles. The maximum absolute atomic E-state index is 12.8. The average molecular weight is 935 g/mol. The van der Waals surface area contributed by atoms with E-state index in [4.69, 9.17) is 18.5 Å². The van der Waals surface area contributed by atoms with Crippen molar-refractivity contribution in [2.24, 2.45) is 0 Å². The van der Waals surface area contributed by atoms with Gasteiger partial charge >= 0.3 is 19.8 Å². The lowest BCUT2D eigenvalue weighted by molar-refractivity contribution is -0.220. The number of allylic oxidation sites excluding steroid dienone is 2. The Morgan fingerprint density at radius 2 is 0.797 bits per heavy atom. The second-order valence-electron chi connectivity index (χ2n) is 18.4. The molecule has 1 fully saturated rings. The van der Waals surface area contributed by atoms with Gasteiger partial charge in [0.15, 0.2) is 6.10 Å². The summed E-state index contributed by atoms with van der Waals surface area (Å²) in [5.74, 6) is -1.09. The Morgan fingerprint density at radius 3 is 1.20 bits per heavy atom. The highest BCUT2D eigenvalue weighted by Gasteiger charge is 2.51. The van der Waals surface area contributed by atoms with Crippen LogP contribution in [0.1, 0.15) is 239 Å². The van der Waals surface area contributed by atoms with Gasteiger partial charge in [0.2, 0.25) is 0 Å². The number of carbonyl (C=O) groups excluding carboxylic acids is 2. The molecule has 6 unspecified atom stereocenters. The lowest BCUT2D eigenvalue weighted by atomic mass is 9.85. The smallest absolute Gasteiger partial charge is 0.462 e. The third-order valence-electron chi connectivity index (χ3n) is 12.4. The number of aliphatic hydroxyl groups is 5. The number of esters is 2. The Balaban J connectivity index is 2.38. The Hall–Kier alpha value is -1.41. The number of unbranched alkanes of at least 4 members (excludes halogenated alkanes) is 30. The van der Waals surface area contributed by atoms with E-state index < -0.39 is 75.7 Å². The third-order valence-corrected chi connectivity index (χ3v) is 13.3. The van der Waals surface area contributed by atoms with Crippen molar-refractivity contribution in [3.8, 4) is 0 Å². The maximum atomic E-state index is 12.8. The van der Waals surface area contributed by atoms with E-state index in [-0.39, 0.29) is 12.8 Å². The molecule has 0 radical (unpaired) electrons. The molecule has 1 rings (SSSR count). The minimum atomic E-state index is -5.12. The van der Waals surface area contributed by atoms with Crippen molar-refractivity contribution in [2.45, 2.75) is 281 Å². The molecule has 64 heavy (non-hydrogen) atoms. The zero-order chi connectivity index (χ0) is 47.1. The van der Waals surface area contributed by atoms with Crippen LogP contribution in [0.4, 0.5) is 0 Å². The molecule has 1 saturated carbocycles. The molecule has 6 N–H and O–H groups in total. The quantitative estimate of drug-likeness (QED) is 0.0146. The lowest BCUT2D eigenvalue weighted by Crippen LogP contribution is -2.64. The molecule has 378 valence electrons. The van der Waals surface area contributed by atoms with E-state index in [1.807, 2.05) is 0 Å². The van der Waals surface area contributed by atoms with Crippen molar-refractivity contribution >= 4 is 19.8 Å². The van der Waals surface area contributed by atoms with Crippen LogP contribution in [-0.2, 0) is 32.7 Å². The van der Waals surface area contributed by atoms with Gasteiger partial charge in [0.05, 0.1) is 6.61 Å². The van der Waals surface area contributed by atoms with Crippen molar-refractivity contribution in [2.75, 3.05) is 13.2 Å². The van der Waals surface area contributed by atoms with Gasteiger partial charge in [-0.2, -0.15) is 0 Å². The molecule has 0 bridgehead atoms. The zero-order valence-corrected chi connectivity index (χ0v) is 41.2. The summed E-state index contributed by atoms with van der Waals surface area (Å²) in [4.78, 5) is 35.8. The summed E-state index contributed by atoms with van der Waals surface area (Å²) >= 11 is 0. The van der Waals surface area contributed by atoms with E-state index in [0.29, 0.717) is 12.8 Å². The van der Waals surface area contributed by atoms with Crippen LogP contribution in [0.2, 0.25) is 0 Å². The van der Waals surface area contributed by atoms with Crippen LogP contribution in [0.3, 0.4) is 0 Å². The summed E-state index contributed by atoms with van der Waals surface area (Å²) in [5.41, 5.74) is 0. The van der Waals surface area contributed by atoms with Crippen LogP contribution in [0.25, 0.3) is 0 Å². The van der Waals surface area contributed by atoms with Crippen LogP contribution in [0, 0.1) is 0 Å². The minimum Gasteiger partial charge on any atom is -0.462 e. The second kappa shape index (κ2) is 40.6. The molecule has 0 amide bonds. The molecule has 0 aromatic rings.